The number of fused-ring (bicyclic) bond motifs is 6. The topological polar surface area (TPSA) is 22.9 Å². The van der Waals surface area contributed by atoms with Gasteiger partial charge in [-0.2, -0.15) is 0 Å². The highest BCUT2D eigenvalue weighted by molar-refractivity contribution is 6.99. The van der Waals surface area contributed by atoms with Crippen molar-refractivity contribution in [1.82, 2.24) is 0 Å². The molecule has 0 radical (unpaired) electrons. The molecule has 0 N–H and O–H groups in total. The molecule has 3 aliphatic rings. The van der Waals surface area contributed by atoms with E-state index in [4.69, 9.17) is 4.42 Å². The molecule has 2 aliphatic heterocycles. The summed E-state index contributed by atoms with van der Waals surface area (Å²) < 4.78 is 7.67. The summed E-state index contributed by atoms with van der Waals surface area (Å²) in [6, 6.07) is 52.6. The Kier molecular flexibility index (Phi) is 9.73. The molecule has 0 amide bonds. The largest absolute Gasteiger partial charge is 0.472 e. The van der Waals surface area contributed by atoms with Crippen LogP contribution in [0.25, 0.3) is 0 Å². The Balaban J connectivity index is 1.37. The third-order valence-corrected chi connectivity index (χ3v) is 14.5. The van der Waals surface area contributed by atoms with Crippen LogP contribution in [0.4, 0.5) is 51.2 Å². The van der Waals surface area contributed by atoms with Gasteiger partial charge in [-0.25, -0.2) is 0 Å². The van der Waals surface area contributed by atoms with Crippen LogP contribution in [0.2, 0.25) is 0 Å². The number of nitrogens with zero attached hydrogens (tertiary/aromatic N) is 3. The molecule has 1 aliphatic carbocycles. The predicted molar refractivity (Wildman–Crippen MR) is 274 cm³/mol. The first-order chi connectivity index (χ1) is 30.3. The molecule has 64 heavy (non-hydrogen) atoms. The summed E-state index contributed by atoms with van der Waals surface area (Å²) in [4.78, 5) is 7.57. The Labute approximate surface area is 383 Å². The zero-order chi connectivity index (χ0) is 45.1. The van der Waals surface area contributed by atoms with Gasteiger partial charge in [0.25, 0.3) is 6.71 Å². The van der Waals surface area contributed by atoms with E-state index in [2.05, 4.69) is 237 Å². The van der Waals surface area contributed by atoms with Gasteiger partial charge < -0.3 is 19.1 Å². The molecule has 0 fully saturated rings. The van der Waals surface area contributed by atoms with E-state index < -0.39 is 0 Å². The number of rotatable bonds is 6. The molecule has 10 rings (SSSR count). The second kappa shape index (κ2) is 14.8. The highest BCUT2D eigenvalue weighted by atomic mass is 16.3. The molecule has 4 nitrogen and oxygen atoms in total. The van der Waals surface area contributed by atoms with E-state index in [9.17, 15) is 0 Å². The normalized spacial score (nSPS) is 16.0. The van der Waals surface area contributed by atoms with E-state index in [1.807, 2.05) is 0 Å². The Bertz CT molecular complexity index is 2840. The molecule has 7 aromatic rings. The van der Waals surface area contributed by atoms with Crippen molar-refractivity contribution in [2.75, 3.05) is 14.7 Å². The first-order valence-electron chi connectivity index (χ1n) is 23.5. The summed E-state index contributed by atoms with van der Waals surface area (Å²) in [6.07, 6.45) is 2.15. The molecule has 324 valence electrons. The molecule has 6 aromatic carbocycles. The maximum absolute atomic E-state index is 7.67. The third-order valence-electron chi connectivity index (χ3n) is 14.5. The third kappa shape index (κ3) is 6.80. The Morgan fingerprint density at radius 2 is 1.08 bits per heavy atom. The monoisotopic (exact) mass is 842 g/mol. The summed E-state index contributed by atoms with van der Waals surface area (Å²) in [6.45, 7) is 28.0. The molecular formula is C59H64BN3O. The van der Waals surface area contributed by atoms with Crippen molar-refractivity contribution < 1.29 is 4.42 Å². The van der Waals surface area contributed by atoms with Gasteiger partial charge in [-0.15, -0.1) is 0 Å². The van der Waals surface area contributed by atoms with Gasteiger partial charge in [0, 0.05) is 50.8 Å². The lowest BCUT2D eigenvalue weighted by molar-refractivity contribution is 0.282. The summed E-state index contributed by atoms with van der Waals surface area (Å²) in [5.41, 5.74) is 19.0. The number of hydrogen-bond acceptors (Lipinski definition) is 4. The molecule has 0 saturated heterocycles. The lowest BCUT2D eigenvalue weighted by Gasteiger charge is -2.45. The van der Waals surface area contributed by atoms with Gasteiger partial charge in [0.15, 0.2) is 0 Å². The summed E-state index contributed by atoms with van der Waals surface area (Å²) in [5, 5.41) is 0. The Morgan fingerprint density at radius 3 is 1.64 bits per heavy atom. The van der Waals surface area contributed by atoms with E-state index >= 15 is 0 Å². The van der Waals surface area contributed by atoms with E-state index in [1.54, 1.807) is 0 Å². The van der Waals surface area contributed by atoms with Crippen molar-refractivity contribution >= 4 is 74.5 Å². The van der Waals surface area contributed by atoms with Gasteiger partial charge in [-0.05, 0) is 129 Å². The van der Waals surface area contributed by atoms with Gasteiger partial charge in [-0.3, -0.25) is 0 Å². The maximum atomic E-state index is 7.67. The minimum atomic E-state index is -0.137. The van der Waals surface area contributed by atoms with Crippen molar-refractivity contribution in [3.63, 3.8) is 0 Å². The number of hydrogen-bond donors (Lipinski definition) is 0. The molecule has 3 heterocycles. The van der Waals surface area contributed by atoms with E-state index in [0.29, 0.717) is 5.92 Å². The lowest BCUT2D eigenvalue weighted by atomic mass is 9.35. The van der Waals surface area contributed by atoms with Crippen LogP contribution in [0.5, 0.6) is 0 Å². The summed E-state index contributed by atoms with van der Waals surface area (Å²) in [7, 11) is 0. The molecule has 0 unspecified atom stereocenters. The first kappa shape index (κ1) is 42.0. The lowest BCUT2D eigenvalue weighted by Crippen LogP contribution is -2.61. The zero-order valence-corrected chi connectivity index (χ0v) is 40.1. The maximum Gasteiger partial charge on any atom is 0.297 e. The fourth-order valence-electron chi connectivity index (χ4n) is 10.6. The van der Waals surface area contributed by atoms with Crippen LogP contribution in [0.15, 0.2) is 144 Å². The molecule has 0 saturated carbocycles. The Hall–Kier alpha value is -5.94. The van der Waals surface area contributed by atoms with Gasteiger partial charge in [0.05, 0.1) is 17.0 Å². The molecular weight excluding hydrogens is 777 g/mol. The van der Waals surface area contributed by atoms with Crippen LogP contribution < -0.4 is 31.3 Å². The highest BCUT2D eigenvalue weighted by Gasteiger charge is 2.52. The highest BCUT2D eigenvalue weighted by Crippen LogP contribution is 2.55. The van der Waals surface area contributed by atoms with Crippen molar-refractivity contribution in [1.29, 1.82) is 0 Å². The second-order valence-electron chi connectivity index (χ2n) is 22.4. The fourth-order valence-corrected chi connectivity index (χ4v) is 10.6. The van der Waals surface area contributed by atoms with Crippen LogP contribution in [-0.2, 0) is 21.7 Å². The van der Waals surface area contributed by atoms with E-state index in [-0.39, 0.29) is 28.4 Å². The van der Waals surface area contributed by atoms with Gasteiger partial charge in [0.1, 0.15) is 5.76 Å². The molecule has 0 bridgehead atoms. The van der Waals surface area contributed by atoms with Crippen LogP contribution >= 0.6 is 0 Å². The molecule has 5 heteroatoms. The zero-order valence-electron chi connectivity index (χ0n) is 40.1. The van der Waals surface area contributed by atoms with Crippen LogP contribution in [0, 0.1) is 0 Å². The smallest absolute Gasteiger partial charge is 0.297 e. The first-order valence-corrected chi connectivity index (χ1v) is 23.5. The minimum absolute atomic E-state index is 0.0164. The number of anilines is 9. The van der Waals surface area contributed by atoms with Crippen molar-refractivity contribution in [3.8, 4) is 0 Å². The van der Waals surface area contributed by atoms with Gasteiger partial charge in [-0.1, -0.05) is 156 Å². The van der Waals surface area contributed by atoms with Crippen LogP contribution in [-0.4, -0.2) is 6.71 Å². The molecule has 1 aromatic heterocycles. The number of para-hydroxylation sites is 2. The van der Waals surface area contributed by atoms with Gasteiger partial charge in [0.2, 0.25) is 0 Å². The predicted octanol–water partition coefficient (Wildman–Crippen LogP) is 14.9. The fraction of sp³-hybridized carbons (Fsp3) is 0.322. The summed E-state index contributed by atoms with van der Waals surface area (Å²) in [5.74, 6) is 1.56. The average molecular weight is 842 g/mol. The van der Waals surface area contributed by atoms with E-state index in [1.165, 1.54) is 50.2 Å². The average Bonchev–Trinajstić information content (AvgIpc) is 3.68. The Morgan fingerprint density at radius 1 is 0.562 bits per heavy atom. The second-order valence-corrected chi connectivity index (χ2v) is 22.4. The quantitative estimate of drug-likeness (QED) is 0.156. The number of benzene rings is 6. The van der Waals surface area contributed by atoms with Gasteiger partial charge >= 0.3 is 0 Å². The minimum Gasteiger partial charge on any atom is -0.472 e. The van der Waals surface area contributed by atoms with Crippen LogP contribution in [0.1, 0.15) is 130 Å². The van der Waals surface area contributed by atoms with Crippen molar-refractivity contribution in [3.05, 3.63) is 168 Å². The molecule has 0 spiro atoms. The van der Waals surface area contributed by atoms with Crippen molar-refractivity contribution in [2.45, 2.75) is 124 Å². The number of furan rings is 1. The SMILES string of the molecule is CC(C)c1ccc(N2c3ccc(C(C)(C)C)cc3B3c4oc5c(c4N(c4ccc(C(C)(C)C)cc4)c4cc(N(c6ccccc6)c6ccccc6)cc2c43)C(C)(C)CCC5(C)C)cc1. The van der Waals surface area contributed by atoms with Crippen LogP contribution in [0.3, 0.4) is 0 Å². The molecule has 0 atom stereocenters. The van der Waals surface area contributed by atoms with E-state index in [0.717, 1.165) is 58.4 Å². The van der Waals surface area contributed by atoms with Crippen molar-refractivity contribution in [2.24, 2.45) is 0 Å². The summed E-state index contributed by atoms with van der Waals surface area (Å²) >= 11 is 0. The standard InChI is InChI=1S/C59H64BN3O/c1-38(2)39-23-28-44(29-24-39)62-48-32-27-41(57(6,7)8)35-47(48)60-52-49(62)36-46(61(42-19-15-13-16-20-42)43-21-17-14-18-22-43)37-50(52)63(45-30-25-40(26-31-45)56(3,4)5)53-51-54(64-55(53)60)59(11,12)34-33-58(51,9)10/h13-32,35-38H,33-34H2,1-12H3.